The lowest BCUT2D eigenvalue weighted by Gasteiger charge is -2.28. The zero-order chi connectivity index (χ0) is 17.5. The van der Waals surface area contributed by atoms with E-state index < -0.39 is 16.1 Å². The van der Waals surface area contributed by atoms with E-state index >= 15 is 0 Å². The van der Waals surface area contributed by atoms with Gasteiger partial charge in [0.25, 0.3) is 0 Å². The monoisotopic (exact) mass is 351 g/mol. The molecule has 0 radical (unpaired) electrons. The number of benzene rings is 1. The van der Waals surface area contributed by atoms with E-state index in [0.717, 1.165) is 0 Å². The van der Waals surface area contributed by atoms with Crippen LogP contribution in [0.5, 0.6) is 0 Å². The van der Waals surface area contributed by atoms with Crippen LogP contribution in [0.1, 0.15) is 13.3 Å². The molecule has 130 valence electrons. The number of fused-ring (bicyclic) bond motifs is 1. The van der Waals surface area contributed by atoms with E-state index in [-0.39, 0.29) is 35.2 Å². The van der Waals surface area contributed by atoms with Crippen molar-refractivity contribution in [1.29, 1.82) is 0 Å². The molecule has 2 heterocycles. The largest absolute Gasteiger partial charge is 0.357 e. The number of likely N-dealkylation sites (tertiary alicyclic amines) is 1. The summed E-state index contributed by atoms with van der Waals surface area (Å²) in [5.41, 5.74) is 0. The van der Waals surface area contributed by atoms with E-state index in [1.54, 1.807) is 42.3 Å². The maximum Gasteiger partial charge on any atom is 0.243 e. The van der Waals surface area contributed by atoms with Crippen molar-refractivity contribution in [2.24, 2.45) is 5.92 Å². The van der Waals surface area contributed by atoms with Gasteiger partial charge in [0.05, 0.1) is 10.9 Å². The molecule has 0 spiro atoms. The highest BCUT2D eigenvalue weighted by Crippen LogP contribution is 2.38. The molecular weight excluding hydrogens is 330 g/mol. The number of carbonyl (C=O) groups excluding carboxylic acids is 2. The molecule has 1 aromatic rings. The Kier molecular flexibility index (Phi) is 4.35. The highest BCUT2D eigenvalue weighted by Gasteiger charge is 2.52. The predicted octanol–water partition coefficient (Wildman–Crippen LogP) is 0.0425. The van der Waals surface area contributed by atoms with Crippen LogP contribution < -0.4 is 5.32 Å². The average molecular weight is 351 g/mol. The summed E-state index contributed by atoms with van der Waals surface area (Å²) in [7, 11) is -2.04. The van der Waals surface area contributed by atoms with Gasteiger partial charge in [-0.3, -0.25) is 9.59 Å². The minimum atomic E-state index is -3.58. The SMILES string of the molecule is CNC(=O)[C@@H]1CC2CN(S(=O)(=O)c3ccccc3)CC2N1C(C)=O. The van der Waals surface area contributed by atoms with Crippen molar-refractivity contribution in [2.75, 3.05) is 20.1 Å². The van der Waals surface area contributed by atoms with Gasteiger partial charge in [0.15, 0.2) is 0 Å². The summed E-state index contributed by atoms with van der Waals surface area (Å²) in [5, 5.41) is 2.58. The number of amides is 2. The Morgan fingerprint density at radius 1 is 1.17 bits per heavy atom. The molecule has 2 aliphatic rings. The fourth-order valence-electron chi connectivity index (χ4n) is 3.78. The van der Waals surface area contributed by atoms with Crippen LogP contribution in [0, 0.1) is 5.92 Å². The first-order chi connectivity index (χ1) is 11.4. The van der Waals surface area contributed by atoms with Gasteiger partial charge in [-0.05, 0) is 24.5 Å². The average Bonchev–Trinajstić information content (AvgIpc) is 3.12. The Labute approximate surface area is 141 Å². The second kappa shape index (κ2) is 6.18. The van der Waals surface area contributed by atoms with Gasteiger partial charge in [0.2, 0.25) is 21.8 Å². The van der Waals surface area contributed by atoms with Gasteiger partial charge in [0, 0.05) is 27.1 Å². The maximum absolute atomic E-state index is 12.8. The number of likely N-dealkylation sites (N-methyl/N-ethyl adjacent to an activating group) is 1. The number of hydrogen-bond donors (Lipinski definition) is 1. The van der Waals surface area contributed by atoms with Crippen LogP contribution in [-0.2, 0) is 19.6 Å². The Morgan fingerprint density at radius 2 is 1.83 bits per heavy atom. The molecule has 0 aliphatic carbocycles. The minimum absolute atomic E-state index is 0.0188. The van der Waals surface area contributed by atoms with Crippen LogP contribution in [0.25, 0.3) is 0 Å². The van der Waals surface area contributed by atoms with Crippen LogP contribution in [0.4, 0.5) is 0 Å². The van der Waals surface area contributed by atoms with Gasteiger partial charge in [0.1, 0.15) is 6.04 Å². The number of nitrogens with one attached hydrogen (secondary N) is 1. The minimum Gasteiger partial charge on any atom is -0.357 e. The lowest BCUT2D eigenvalue weighted by atomic mass is 10.0. The van der Waals surface area contributed by atoms with Gasteiger partial charge in [-0.2, -0.15) is 4.31 Å². The van der Waals surface area contributed by atoms with Crippen molar-refractivity contribution in [2.45, 2.75) is 30.3 Å². The van der Waals surface area contributed by atoms with Crippen molar-refractivity contribution in [1.82, 2.24) is 14.5 Å². The summed E-state index contributed by atoms with van der Waals surface area (Å²) in [6.45, 7) is 1.99. The molecule has 1 aromatic carbocycles. The molecule has 2 fully saturated rings. The van der Waals surface area contributed by atoms with Gasteiger partial charge < -0.3 is 10.2 Å². The summed E-state index contributed by atoms with van der Waals surface area (Å²) >= 11 is 0. The number of sulfonamides is 1. The second-order valence-electron chi connectivity index (χ2n) is 6.25. The van der Waals surface area contributed by atoms with E-state index in [1.165, 1.54) is 11.2 Å². The predicted molar refractivity (Wildman–Crippen MR) is 87.5 cm³/mol. The van der Waals surface area contributed by atoms with E-state index in [0.29, 0.717) is 13.0 Å². The molecule has 2 aliphatic heterocycles. The molecule has 0 aromatic heterocycles. The van der Waals surface area contributed by atoms with Gasteiger partial charge >= 0.3 is 0 Å². The normalized spacial score (nSPS) is 27.1. The lowest BCUT2D eigenvalue weighted by Crippen LogP contribution is -2.49. The van der Waals surface area contributed by atoms with Crippen molar-refractivity contribution in [3.8, 4) is 0 Å². The first-order valence-electron chi connectivity index (χ1n) is 7.92. The molecule has 0 saturated carbocycles. The van der Waals surface area contributed by atoms with Gasteiger partial charge in [-0.25, -0.2) is 8.42 Å². The Hall–Kier alpha value is -1.93. The van der Waals surface area contributed by atoms with Crippen LogP contribution in [-0.4, -0.2) is 61.7 Å². The third-order valence-electron chi connectivity index (χ3n) is 4.89. The zero-order valence-corrected chi connectivity index (χ0v) is 14.5. The molecule has 2 amide bonds. The number of carbonyl (C=O) groups is 2. The summed E-state index contributed by atoms with van der Waals surface area (Å²) < 4.78 is 26.9. The molecule has 3 atom stereocenters. The molecule has 3 rings (SSSR count). The van der Waals surface area contributed by atoms with Crippen LogP contribution in [0.2, 0.25) is 0 Å². The van der Waals surface area contributed by atoms with Crippen LogP contribution in [0.3, 0.4) is 0 Å². The molecule has 24 heavy (non-hydrogen) atoms. The fourth-order valence-corrected chi connectivity index (χ4v) is 5.32. The second-order valence-corrected chi connectivity index (χ2v) is 8.19. The van der Waals surface area contributed by atoms with Crippen molar-refractivity contribution < 1.29 is 18.0 Å². The molecular formula is C16H21N3O4S. The molecule has 2 saturated heterocycles. The number of nitrogens with zero attached hydrogens (tertiary/aromatic N) is 2. The smallest absolute Gasteiger partial charge is 0.243 e. The summed E-state index contributed by atoms with van der Waals surface area (Å²) in [6.07, 6.45) is 0.491. The summed E-state index contributed by atoms with van der Waals surface area (Å²) in [5.74, 6) is -0.415. The third kappa shape index (κ3) is 2.69. The standard InChI is InChI=1S/C16H21N3O4S/c1-11(20)19-14(16(21)17-2)8-12-9-18(10-15(12)19)24(22,23)13-6-4-3-5-7-13/h3-7,12,14-15H,8-10H2,1-2H3,(H,17,21)/t12?,14-,15?/m0/s1. The topological polar surface area (TPSA) is 86.8 Å². The van der Waals surface area contributed by atoms with Crippen molar-refractivity contribution in [3.63, 3.8) is 0 Å². The highest BCUT2D eigenvalue weighted by atomic mass is 32.2. The Morgan fingerprint density at radius 3 is 2.42 bits per heavy atom. The fraction of sp³-hybridized carbons (Fsp3) is 0.500. The van der Waals surface area contributed by atoms with Crippen molar-refractivity contribution >= 4 is 21.8 Å². The van der Waals surface area contributed by atoms with Crippen LogP contribution in [0.15, 0.2) is 35.2 Å². The molecule has 1 N–H and O–H groups in total. The van der Waals surface area contributed by atoms with Gasteiger partial charge in [-0.15, -0.1) is 0 Å². The van der Waals surface area contributed by atoms with Gasteiger partial charge in [-0.1, -0.05) is 18.2 Å². The Balaban J connectivity index is 1.84. The summed E-state index contributed by atoms with van der Waals surface area (Å²) in [4.78, 5) is 25.8. The maximum atomic E-state index is 12.8. The number of hydrogen-bond acceptors (Lipinski definition) is 4. The van der Waals surface area contributed by atoms with Crippen LogP contribution >= 0.6 is 0 Å². The van der Waals surface area contributed by atoms with E-state index in [9.17, 15) is 18.0 Å². The highest BCUT2D eigenvalue weighted by molar-refractivity contribution is 7.89. The first kappa shape index (κ1) is 16.9. The van der Waals surface area contributed by atoms with Crippen molar-refractivity contribution in [3.05, 3.63) is 30.3 Å². The zero-order valence-electron chi connectivity index (χ0n) is 13.7. The number of rotatable bonds is 3. The Bertz CT molecular complexity index is 750. The molecule has 2 unspecified atom stereocenters. The summed E-state index contributed by atoms with van der Waals surface area (Å²) in [6, 6.07) is 7.52. The van der Waals surface area contributed by atoms with E-state index in [4.69, 9.17) is 0 Å². The molecule has 7 nitrogen and oxygen atoms in total. The van der Waals surface area contributed by atoms with E-state index in [2.05, 4.69) is 5.32 Å². The quantitative estimate of drug-likeness (QED) is 0.833. The lowest BCUT2D eigenvalue weighted by molar-refractivity contribution is -0.138. The first-order valence-corrected chi connectivity index (χ1v) is 9.36. The third-order valence-corrected chi connectivity index (χ3v) is 6.73. The molecule has 8 heteroatoms. The van der Waals surface area contributed by atoms with E-state index in [1.807, 2.05) is 0 Å². The molecule has 0 bridgehead atoms.